The molecular formula is C14H18BrF3N2O. The minimum Gasteiger partial charge on any atom is -0.395 e. The molecule has 1 heterocycles. The molecule has 7 heteroatoms. The fraction of sp³-hybridized carbons (Fsp3) is 0.571. The molecule has 0 radical (unpaired) electrons. The van der Waals surface area contributed by atoms with Gasteiger partial charge in [0, 0.05) is 30.7 Å². The Labute approximate surface area is 130 Å². The van der Waals surface area contributed by atoms with Gasteiger partial charge in [-0.05, 0) is 47.1 Å². The van der Waals surface area contributed by atoms with Crippen molar-refractivity contribution in [1.29, 1.82) is 0 Å². The predicted octanol–water partition coefficient (Wildman–Crippen LogP) is 2.97. The van der Waals surface area contributed by atoms with Crippen molar-refractivity contribution in [2.24, 2.45) is 0 Å². The van der Waals surface area contributed by atoms with Gasteiger partial charge in [0.15, 0.2) is 0 Å². The second-order valence-electron chi connectivity index (χ2n) is 5.07. The van der Waals surface area contributed by atoms with E-state index in [2.05, 4.69) is 25.7 Å². The Kier molecular flexibility index (Phi) is 5.51. The monoisotopic (exact) mass is 366 g/mol. The minimum atomic E-state index is -4.32. The zero-order chi connectivity index (χ0) is 15.5. The molecule has 21 heavy (non-hydrogen) atoms. The molecule has 0 bridgehead atoms. The van der Waals surface area contributed by atoms with E-state index in [4.69, 9.17) is 5.11 Å². The number of aliphatic hydroxyl groups is 1. The number of hydrogen-bond acceptors (Lipinski definition) is 3. The van der Waals surface area contributed by atoms with Crippen LogP contribution in [0.3, 0.4) is 0 Å². The predicted molar refractivity (Wildman–Crippen MR) is 79.5 cm³/mol. The van der Waals surface area contributed by atoms with Crippen LogP contribution < -0.4 is 4.90 Å². The molecule has 1 aromatic carbocycles. The van der Waals surface area contributed by atoms with Crippen molar-refractivity contribution in [3.8, 4) is 0 Å². The lowest BCUT2D eigenvalue weighted by molar-refractivity contribution is -0.137. The maximum atomic E-state index is 12.7. The lowest BCUT2D eigenvalue weighted by Gasteiger charge is -2.25. The van der Waals surface area contributed by atoms with E-state index >= 15 is 0 Å². The van der Waals surface area contributed by atoms with Gasteiger partial charge in [-0.15, -0.1) is 0 Å². The fourth-order valence-corrected chi connectivity index (χ4v) is 3.15. The van der Waals surface area contributed by atoms with E-state index in [1.165, 1.54) is 6.07 Å². The van der Waals surface area contributed by atoms with Crippen LogP contribution in [0, 0.1) is 0 Å². The molecule has 0 aliphatic carbocycles. The third-order valence-electron chi connectivity index (χ3n) is 3.62. The average Bonchev–Trinajstić information content (AvgIpc) is 2.64. The van der Waals surface area contributed by atoms with Crippen LogP contribution >= 0.6 is 15.9 Å². The highest BCUT2D eigenvalue weighted by Gasteiger charge is 2.31. The number of aliphatic hydroxyl groups excluding tert-OH is 1. The van der Waals surface area contributed by atoms with Gasteiger partial charge in [-0.2, -0.15) is 13.2 Å². The van der Waals surface area contributed by atoms with Crippen LogP contribution in [0.5, 0.6) is 0 Å². The zero-order valence-electron chi connectivity index (χ0n) is 11.5. The van der Waals surface area contributed by atoms with Crippen molar-refractivity contribution < 1.29 is 18.3 Å². The molecular weight excluding hydrogens is 349 g/mol. The molecule has 2 rings (SSSR count). The molecule has 1 saturated heterocycles. The second-order valence-corrected chi connectivity index (χ2v) is 5.92. The van der Waals surface area contributed by atoms with Crippen molar-refractivity contribution in [3.05, 3.63) is 28.2 Å². The highest BCUT2D eigenvalue weighted by molar-refractivity contribution is 9.10. The van der Waals surface area contributed by atoms with Gasteiger partial charge in [0.05, 0.1) is 17.9 Å². The smallest absolute Gasteiger partial charge is 0.395 e. The van der Waals surface area contributed by atoms with Gasteiger partial charge < -0.3 is 10.0 Å². The van der Waals surface area contributed by atoms with Crippen molar-refractivity contribution >= 4 is 21.6 Å². The lowest BCUT2D eigenvalue weighted by atomic mass is 10.2. The number of anilines is 1. The van der Waals surface area contributed by atoms with Gasteiger partial charge in [0.2, 0.25) is 0 Å². The number of alkyl halides is 3. The number of rotatable bonds is 3. The molecule has 1 aliphatic rings. The molecule has 1 fully saturated rings. The van der Waals surface area contributed by atoms with Crippen molar-refractivity contribution in [2.75, 3.05) is 44.2 Å². The fourth-order valence-electron chi connectivity index (χ4n) is 2.52. The summed E-state index contributed by atoms with van der Waals surface area (Å²) in [5.74, 6) is 0. The first kappa shape index (κ1) is 16.6. The first-order valence-electron chi connectivity index (χ1n) is 6.86. The van der Waals surface area contributed by atoms with Crippen LogP contribution in [0.1, 0.15) is 12.0 Å². The molecule has 0 saturated carbocycles. The molecule has 0 atom stereocenters. The number of benzene rings is 1. The molecule has 3 nitrogen and oxygen atoms in total. The molecule has 0 aromatic heterocycles. The van der Waals surface area contributed by atoms with E-state index in [9.17, 15) is 13.2 Å². The normalized spacial score (nSPS) is 17.9. The highest BCUT2D eigenvalue weighted by Crippen LogP contribution is 2.35. The summed E-state index contributed by atoms with van der Waals surface area (Å²) in [6.45, 7) is 4.01. The Hall–Kier alpha value is -0.790. The van der Waals surface area contributed by atoms with Gasteiger partial charge in [-0.25, -0.2) is 0 Å². The minimum absolute atomic E-state index is 0.129. The Morgan fingerprint density at radius 2 is 1.90 bits per heavy atom. The summed E-state index contributed by atoms with van der Waals surface area (Å²) >= 11 is 3.25. The summed E-state index contributed by atoms with van der Waals surface area (Å²) in [5.41, 5.74) is 0.142. The second kappa shape index (κ2) is 6.98. The van der Waals surface area contributed by atoms with Crippen LogP contribution in [-0.2, 0) is 6.18 Å². The summed E-state index contributed by atoms with van der Waals surface area (Å²) in [6.07, 6.45) is -3.40. The third-order valence-corrected chi connectivity index (χ3v) is 4.26. The lowest BCUT2D eigenvalue weighted by Crippen LogP contribution is -2.32. The Bertz CT molecular complexity index is 482. The van der Waals surface area contributed by atoms with Gasteiger partial charge in [-0.3, -0.25) is 4.90 Å². The Morgan fingerprint density at radius 1 is 1.14 bits per heavy atom. The maximum absolute atomic E-state index is 12.7. The Morgan fingerprint density at radius 3 is 2.52 bits per heavy atom. The largest absolute Gasteiger partial charge is 0.416 e. The zero-order valence-corrected chi connectivity index (χ0v) is 13.1. The average molecular weight is 367 g/mol. The van der Waals surface area contributed by atoms with E-state index < -0.39 is 11.7 Å². The number of hydrogen-bond donors (Lipinski definition) is 1. The molecule has 118 valence electrons. The first-order valence-corrected chi connectivity index (χ1v) is 7.66. The summed E-state index contributed by atoms with van der Waals surface area (Å²) in [6, 6.07) is 3.77. The standard InChI is InChI=1S/C14H18BrF3N2O/c15-12-10-11(14(16,17)18)2-3-13(12)20-5-1-4-19(6-7-20)8-9-21/h2-3,10,21H,1,4-9H2. The summed E-state index contributed by atoms with van der Waals surface area (Å²) in [4.78, 5) is 4.25. The van der Waals surface area contributed by atoms with Crippen molar-refractivity contribution in [2.45, 2.75) is 12.6 Å². The van der Waals surface area contributed by atoms with Crippen LogP contribution in [-0.4, -0.2) is 49.3 Å². The summed E-state index contributed by atoms with van der Waals surface area (Å²) in [5, 5.41) is 8.97. The molecule has 0 unspecified atom stereocenters. The molecule has 1 N–H and O–H groups in total. The number of β-amino-alcohol motifs (C(OH)–C–C–N with tert-alkyl or cyclic N) is 1. The molecule has 0 amide bonds. The SMILES string of the molecule is OCCN1CCCN(c2ccc(C(F)(F)F)cc2Br)CC1. The van der Waals surface area contributed by atoms with Gasteiger partial charge >= 0.3 is 6.18 Å². The third kappa shape index (κ3) is 4.34. The van der Waals surface area contributed by atoms with Gasteiger partial charge in [0.25, 0.3) is 0 Å². The van der Waals surface area contributed by atoms with Crippen LogP contribution in [0.25, 0.3) is 0 Å². The number of nitrogens with zero attached hydrogens (tertiary/aromatic N) is 2. The molecule has 1 aromatic rings. The Balaban J connectivity index is 2.11. The van der Waals surface area contributed by atoms with Crippen LogP contribution in [0.2, 0.25) is 0 Å². The van der Waals surface area contributed by atoms with E-state index in [1.54, 1.807) is 0 Å². The van der Waals surface area contributed by atoms with Gasteiger partial charge in [-0.1, -0.05) is 0 Å². The van der Waals surface area contributed by atoms with E-state index in [-0.39, 0.29) is 6.61 Å². The van der Waals surface area contributed by atoms with Gasteiger partial charge in [0.1, 0.15) is 0 Å². The quantitative estimate of drug-likeness (QED) is 0.890. The van der Waals surface area contributed by atoms with Crippen molar-refractivity contribution in [1.82, 2.24) is 4.90 Å². The number of halogens is 4. The summed E-state index contributed by atoms with van der Waals surface area (Å²) < 4.78 is 38.5. The van der Waals surface area contributed by atoms with Crippen LogP contribution in [0.4, 0.5) is 18.9 Å². The molecule has 1 aliphatic heterocycles. The molecule has 0 spiro atoms. The first-order chi connectivity index (χ1) is 9.91. The highest BCUT2D eigenvalue weighted by atomic mass is 79.9. The van der Waals surface area contributed by atoms with E-state index in [1.807, 2.05) is 0 Å². The van der Waals surface area contributed by atoms with Crippen molar-refractivity contribution in [3.63, 3.8) is 0 Å². The van der Waals surface area contributed by atoms with E-state index in [0.717, 1.165) is 50.4 Å². The maximum Gasteiger partial charge on any atom is 0.416 e. The van der Waals surface area contributed by atoms with E-state index in [0.29, 0.717) is 11.0 Å². The summed E-state index contributed by atoms with van der Waals surface area (Å²) in [7, 11) is 0. The topological polar surface area (TPSA) is 26.7 Å². The van der Waals surface area contributed by atoms with Crippen LogP contribution in [0.15, 0.2) is 22.7 Å².